The van der Waals surface area contributed by atoms with Gasteiger partial charge in [-0.05, 0) is 75.8 Å². The maximum atomic E-state index is 12.3. The number of amides is 1. The number of carboxylic acid groups (broad SMARTS) is 1. The van der Waals surface area contributed by atoms with Gasteiger partial charge in [-0.15, -0.1) is 0 Å². The highest BCUT2D eigenvalue weighted by Crippen LogP contribution is 2.40. The summed E-state index contributed by atoms with van der Waals surface area (Å²) in [6, 6.07) is 4.79. The molecule has 35 heavy (non-hydrogen) atoms. The molecule has 2 fully saturated rings. The van der Waals surface area contributed by atoms with Crippen LogP contribution in [0.1, 0.15) is 100 Å². The van der Waals surface area contributed by atoms with Gasteiger partial charge in [-0.1, -0.05) is 25.3 Å². The van der Waals surface area contributed by atoms with Gasteiger partial charge < -0.3 is 19.3 Å². The number of benzene rings is 1. The average molecular weight is 482 g/mol. The standard InChI is InChI=1S/C28H39N3O4/c1-18(16-19-8-10-22(11-9-19)27(32)33)31-24-13-12-20-14-15-30(28(34)35-2)17-23(20)25(24)29-26(31)21-6-4-3-5-7-21/h12-13,18-19,21-22H,3-11,14-17H2,1-2H3,(H,32,33)/t18-,19?,22?/m1/s1. The van der Waals surface area contributed by atoms with Crippen LogP contribution in [-0.4, -0.2) is 45.3 Å². The van der Waals surface area contributed by atoms with Crippen molar-refractivity contribution in [3.8, 4) is 0 Å². The summed E-state index contributed by atoms with van der Waals surface area (Å²) in [7, 11) is 1.44. The number of fused-ring (bicyclic) bond motifs is 3. The van der Waals surface area contributed by atoms with Crippen molar-refractivity contribution in [1.82, 2.24) is 14.5 Å². The molecule has 1 aromatic carbocycles. The minimum absolute atomic E-state index is 0.169. The van der Waals surface area contributed by atoms with E-state index in [1.165, 1.54) is 61.7 Å². The Kier molecular flexibility index (Phi) is 7.03. The lowest BCUT2D eigenvalue weighted by molar-refractivity contribution is -0.143. The highest BCUT2D eigenvalue weighted by Gasteiger charge is 2.31. The minimum Gasteiger partial charge on any atom is -0.481 e. The number of methoxy groups -OCH3 is 1. The van der Waals surface area contributed by atoms with Crippen LogP contribution in [0.15, 0.2) is 12.1 Å². The Morgan fingerprint density at radius 1 is 1.11 bits per heavy atom. The quantitative estimate of drug-likeness (QED) is 0.562. The van der Waals surface area contributed by atoms with Gasteiger partial charge in [-0.3, -0.25) is 4.79 Å². The molecule has 0 spiro atoms. The molecule has 5 rings (SSSR count). The summed E-state index contributed by atoms with van der Waals surface area (Å²) in [6.45, 7) is 3.54. The van der Waals surface area contributed by atoms with Crippen LogP contribution in [0.4, 0.5) is 4.79 Å². The van der Waals surface area contributed by atoms with E-state index in [1.807, 2.05) is 0 Å². The summed E-state index contributed by atoms with van der Waals surface area (Å²) in [5.41, 5.74) is 4.70. The number of imidazole rings is 1. The van der Waals surface area contributed by atoms with E-state index < -0.39 is 5.97 Å². The summed E-state index contributed by atoms with van der Waals surface area (Å²) < 4.78 is 7.52. The fourth-order valence-electron chi connectivity index (χ4n) is 6.84. The molecular formula is C28H39N3O4. The van der Waals surface area contributed by atoms with Crippen LogP contribution < -0.4 is 0 Å². The summed E-state index contributed by atoms with van der Waals surface area (Å²) >= 11 is 0. The van der Waals surface area contributed by atoms with Crippen molar-refractivity contribution in [2.24, 2.45) is 11.8 Å². The third-order valence-corrected chi connectivity index (χ3v) is 8.81. The van der Waals surface area contributed by atoms with Gasteiger partial charge in [0.25, 0.3) is 0 Å². The van der Waals surface area contributed by atoms with Crippen LogP contribution in [0.25, 0.3) is 11.0 Å². The number of ether oxygens (including phenoxy) is 1. The molecule has 0 bridgehead atoms. The first-order chi connectivity index (χ1) is 17.0. The molecular weight excluding hydrogens is 442 g/mol. The third kappa shape index (κ3) is 4.78. The van der Waals surface area contributed by atoms with Crippen LogP contribution in [0.2, 0.25) is 0 Å². The van der Waals surface area contributed by atoms with Crippen molar-refractivity contribution < 1.29 is 19.4 Å². The first-order valence-corrected chi connectivity index (χ1v) is 13.5. The van der Waals surface area contributed by atoms with Gasteiger partial charge in [0.05, 0.1) is 30.6 Å². The molecule has 7 nitrogen and oxygen atoms in total. The normalized spacial score (nSPS) is 24.2. The Bertz CT molecular complexity index is 1080. The van der Waals surface area contributed by atoms with E-state index in [1.54, 1.807) is 4.90 Å². The molecule has 0 unspecified atom stereocenters. The Hall–Kier alpha value is -2.57. The second-order valence-corrected chi connectivity index (χ2v) is 11.0. The molecule has 190 valence electrons. The van der Waals surface area contributed by atoms with E-state index in [0.29, 0.717) is 31.0 Å². The molecule has 2 aliphatic carbocycles. The van der Waals surface area contributed by atoms with E-state index in [4.69, 9.17) is 9.72 Å². The first kappa shape index (κ1) is 24.1. The van der Waals surface area contributed by atoms with Gasteiger partial charge >= 0.3 is 12.1 Å². The number of carbonyl (C=O) groups excluding carboxylic acids is 1. The molecule has 1 amide bonds. The zero-order valence-electron chi connectivity index (χ0n) is 21.2. The molecule has 2 heterocycles. The Morgan fingerprint density at radius 2 is 1.86 bits per heavy atom. The highest BCUT2D eigenvalue weighted by atomic mass is 16.5. The molecule has 2 aromatic rings. The van der Waals surface area contributed by atoms with Gasteiger partial charge in [0.2, 0.25) is 0 Å². The summed E-state index contributed by atoms with van der Waals surface area (Å²) in [6.07, 6.45) is 11.4. The molecule has 0 radical (unpaired) electrons. The first-order valence-electron chi connectivity index (χ1n) is 13.5. The molecule has 1 atom stereocenters. The molecule has 7 heteroatoms. The Morgan fingerprint density at radius 3 is 2.54 bits per heavy atom. The SMILES string of the molecule is COC(=O)N1CCc2ccc3c(nc(C4CCCCC4)n3[C@H](C)CC3CCC(C(=O)O)CC3)c2C1. The third-order valence-electron chi connectivity index (χ3n) is 8.81. The van der Waals surface area contributed by atoms with Gasteiger partial charge in [0, 0.05) is 24.1 Å². The van der Waals surface area contributed by atoms with Crippen LogP contribution in [0.5, 0.6) is 0 Å². The summed E-state index contributed by atoms with van der Waals surface area (Å²) in [5.74, 6) is 1.46. The van der Waals surface area contributed by atoms with E-state index >= 15 is 0 Å². The molecule has 1 aromatic heterocycles. The molecule has 3 aliphatic rings. The topological polar surface area (TPSA) is 84.7 Å². The number of carbonyl (C=O) groups is 2. The Labute approximate surface area is 207 Å². The zero-order chi connectivity index (χ0) is 24.5. The van der Waals surface area contributed by atoms with Crippen molar-refractivity contribution in [2.45, 2.75) is 96.1 Å². The zero-order valence-corrected chi connectivity index (χ0v) is 21.2. The second kappa shape index (κ2) is 10.2. The van der Waals surface area contributed by atoms with Crippen LogP contribution >= 0.6 is 0 Å². The largest absolute Gasteiger partial charge is 0.481 e. The maximum absolute atomic E-state index is 12.3. The van der Waals surface area contributed by atoms with Gasteiger partial charge in [-0.2, -0.15) is 0 Å². The van der Waals surface area contributed by atoms with E-state index in [-0.39, 0.29) is 12.0 Å². The fourth-order valence-corrected chi connectivity index (χ4v) is 6.84. The van der Waals surface area contributed by atoms with Crippen molar-refractivity contribution in [2.75, 3.05) is 13.7 Å². The predicted molar refractivity (Wildman–Crippen MR) is 134 cm³/mol. The smallest absolute Gasteiger partial charge is 0.409 e. The maximum Gasteiger partial charge on any atom is 0.409 e. The van der Waals surface area contributed by atoms with Gasteiger partial charge in [-0.25, -0.2) is 9.78 Å². The van der Waals surface area contributed by atoms with Crippen LogP contribution in [0.3, 0.4) is 0 Å². The molecule has 1 aliphatic heterocycles. The lowest BCUT2D eigenvalue weighted by Gasteiger charge is -2.31. The summed E-state index contributed by atoms with van der Waals surface area (Å²) in [4.78, 5) is 30.8. The average Bonchev–Trinajstić information content (AvgIpc) is 3.29. The number of carboxylic acids is 1. The van der Waals surface area contributed by atoms with E-state index in [2.05, 4.69) is 23.6 Å². The van der Waals surface area contributed by atoms with Crippen LogP contribution in [0, 0.1) is 11.8 Å². The van der Waals surface area contributed by atoms with E-state index in [9.17, 15) is 14.7 Å². The monoisotopic (exact) mass is 481 g/mol. The molecule has 0 saturated heterocycles. The van der Waals surface area contributed by atoms with Crippen molar-refractivity contribution in [3.63, 3.8) is 0 Å². The molecule has 1 N–H and O–H groups in total. The number of rotatable bonds is 5. The minimum atomic E-state index is -0.637. The summed E-state index contributed by atoms with van der Waals surface area (Å²) in [5, 5.41) is 9.38. The number of hydrogen-bond donors (Lipinski definition) is 1. The van der Waals surface area contributed by atoms with Crippen molar-refractivity contribution >= 4 is 23.1 Å². The van der Waals surface area contributed by atoms with Crippen LogP contribution in [-0.2, 0) is 22.5 Å². The Balaban J connectivity index is 1.48. The predicted octanol–water partition coefficient (Wildman–Crippen LogP) is 6.05. The van der Waals surface area contributed by atoms with E-state index in [0.717, 1.165) is 44.0 Å². The lowest BCUT2D eigenvalue weighted by Crippen LogP contribution is -2.35. The lowest BCUT2D eigenvalue weighted by atomic mass is 9.79. The fraction of sp³-hybridized carbons (Fsp3) is 0.679. The molecule has 2 saturated carbocycles. The van der Waals surface area contributed by atoms with Crippen molar-refractivity contribution in [1.29, 1.82) is 0 Å². The number of nitrogens with zero attached hydrogens (tertiary/aromatic N) is 3. The number of hydrogen-bond acceptors (Lipinski definition) is 4. The second-order valence-electron chi connectivity index (χ2n) is 11.0. The highest BCUT2D eigenvalue weighted by molar-refractivity contribution is 5.82. The number of aliphatic carboxylic acids is 1. The van der Waals surface area contributed by atoms with Crippen molar-refractivity contribution in [3.05, 3.63) is 29.1 Å². The van der Waals surface area contributed by atoms with Gasteiger partial charge in [0.15, 0.2) is 0 Å². The number of aromatic nitrogens is 2. The van der Waals surface area contributed by atoms with Gasteiger partial charge in [0.1, 0.15) is 5.82 Å².